The summed E-state index contributed by atoms with van der Waals surface area (Å²) in [4.78, 5) is 38.9. The van der Waals surface area contributed by atoms with Crippen molar-refractivity contribution in [2.24, 2.45) is 5.92 Å². The van der Waals surface area contributed by atoms with Gasteiger partial charge < -0.3 is 10.2 Å². The Bertz CT molecular complexity index is 714. The van der Waals surface area contributed by atoms with Crippen LogP contribution in [0.5, 0.6) is 0 Å². The molecule has 1 saturated heterocycles. The molecule has 2 amide bonds. The molecular weight excluding hydrogens is 376 g/mol. The normalized spacial score (nSPS) is 18.2. The first kappa shape index (κ1) is 22.5. The number of hydrogen-bond donors (Lipinski definition) is 1. The molecule has 1 saturated carbocycles. The molecule has 2 fully saturated rings. The number of benzene rings is 1. The van der Waals surface area contributed by atoms with Gasteiger partial charge in [-0.2, -0.15) is 0 Å². The van der Waals surface area contributed by atoms with Crippen molar-refractivity contribution < 1.29 is 14.4 Å². The van der Waals surface area contributed by atoms with E-state index >= 15 is 0 Å². The number of aryl methyl sites for hydroxylation is 1. The van der Waals surface area contributed by atoms with Crippen LogP contribution in [0.1, 0.15) is 86.6 Å². The summed E-state index contributed by atoms with van der Waals surface area (Å²) >= 11 is 0. The Hall–Kier alpha value is -2.17. The fourth-order valence-corrected chi connectivity index (χ4v) is 4.65. The number of ketones is 1. The van der Waals surface area contributed by atoms with Crippen LogP contribution in [0.2, 0.25) is 0 Å². The molecule has 30 heavy (non-hydrogen) atoms. The van der Waals surface area contributed by atoms with Crippen LogP contribution in [-0.4, -0.2) is 41.6 Å². The van der Waals surface area contributed by atoms with Crippen LogP contribution < -0.4 is 5.32 Å². The van der Waals surface area contributed by atoms with Crippen LogP contribution in [0.4, 0.5) is 0 Å². The maximum atomic E-state index is 12.5. The molecule has 0 unspecified atom stereocenters. The number of likely N-dealkylation sites (tertiary alicyclic amines) is 1. The molecule has 5 heteroatoms. The van der Waals surface area contributed by atoms with E-state index in [4.69, 9.17) is 0 Å². The SMILES string of the molecule is Cc1ccc(C(=O)CCC(=O)N2CCC(NC(=O)CCC3CCCCC3)CC2)cc1. The molecule has 0 aromatic heterocycles. The standard InChI is InChI=1S/C25H36N2O3/c1-19-7-10-21(11-8-19)23(28)12-14-25(30)27-17-15-22(16-18-27)26-24(29)13-9-20-5-3-2-4-6-20/h7-8,10-11,20,22H,2-6,9,12-18H2,1H3,(H,26,29). The molecule has 1 aromatic carbocycles. The summed E-state index contributed by atoms with van der Waals surface area (Å²) in [5.41, 5.74) is 1.79. The minimum absolute atomic E-state index is 0.0171. The molecule has 1 N–H and O–H groups in total. The van der Waals surface area contributed by atoms with Crippen molar-refractivity contribution in [2.75, 3.05) is 13.1 Å². The zero-order valence-electron chi connectivity index (χ0n) is 18.3. The number of carbonyl (C=O) groups is 3. The van der Waals surface area contributed by atoms with Crippen LogP contribution in [0.3, 0.4) is 0 Å². The summed E-state index contributed by atoms with van der Waals surface area (Å²) in [5.74, 6) is 0.946. The fourth-order valence-electron chi connectivity index (χ4n) is 4.65. The Balaban J connectivity index is 1.32. The van der Waals surface area contributed by atoms with Crippen molar-refractivity contribution in [3.8, 4) is 0 Å². The van der Waals surface area contributed by atoms with Gasteiger partial charge in [0.25, 0.3) is 0 Å². The van der Waals surface area contributed by atoms with Crippen LogP contribution in [0.15, 0.2) is 24.3 Å². The zero-order valence-corrected chi connectivity index (χ0v) is 18.3. The highest BCUT2D eigenvalue weighted by molar-refractivity contribution is 5.98. The number of piperidine rings is 1. The van der Waals surface area contributed by atoms with E-state index in [1.54, 1.807) is 0 Å². The van der Waals surface area contributed by atoms with Crippen molar-refractivity contribution in [1.29, 1.82) is 0 Å². The largest absolute Gasteiger partial charge is 0.353 e. The van der Waals surface area contributed by atoms with Gasteiger partial charge in [-0.3, -0.25) is 14.4 Å². The van der Waals surface area contributed by atoms with Crippen molar-refractivity contribution in [3.63, 3.8) is 0 Å². The molecule has 1 heterocycles. The van der Waals surface area contributed by atoms with E-state index in [0.717, 1.165) is 30.7 Å². The van der Waals surface area contributed by atoms with Gasteiger partial charge in [0.1, 0.15) is 0 Å². The molecule has 0 bridgehead atoms. The van der Waals surface area contributed by atoms with E-state index in [1.807, 2.05) is 36.1 Å². The van der Waals surface area contributed by atoms with Gasteiger partial charge in [0.2, 0.25) is 11.8 Å². The first-order valence-corrected chi connectivity index (χ1v) is 11.7. The average molecular weight is 413 g/mol. The lowest BCUT2D eigenvalue weighted by Crippen LogP contribution is -2.46. The van der Waals surface area contributed by atoms with Crippen LogP contribution in [0, 0.1) is 12.8 Å². The lowest BCUT2D eigenvalue weighted by Gasteiger charge is -2.32. The summed E-state index contributed by atoms with van der Waals surface area (Å²) in [5, 5.41) is 3.16. The quantitative estimate of drug-likeness (QED) is 0.643. The number of amides is 2. The first-order valence-electron chi connectivity index (χ1n) is 11.7. The van der Waals surface area contributed by atoms with Crippen molar-refractivity contribution >= 4 is 17.6 Å². The highest BCUT2D eigenvalue weighted by Gasteiger charge is 2.24. The Kier molecular flexibility index (Phi) is 8.47. The van der Waals surface area contributed by atoms with Gasteiger partial charge in [0.15, 0.2) is 5.78 Å². The molecule has 0 spiro atoms. The molecular formula is C25H36N2O3. The molecule has 0 atom stereocenters. The number of carbonyl (C=O) groups excluding carboxylic acids is 3. The minimum Gasteiger partial charge on any atom is -0.353 e. The van der Waals surface area contributed by atoms with Crippen LogP contribution in [0.25, 0.3) is 0 Å². The second kappa shape index (κ2) is 11.3. The Morgan fingerprint density at radius 1 is 0.900 bits per heavy atom. The van der Waals surface area contributed by atoms with E-state index in [9.17, 15) is 14.4 Å². The maximum Gasteiger partial charge on any atom is 0.223 e. The smallest absolute Gasteiger partial charge is 0.223 e. The lowest BCUT2D eigenvalue weighted by atomic mass is 9.86. The summed E-state index contributed by atoms with van der Waals surface area (Å²) in [7, 11) is 0. The third-order valence-corrected chi connectivity index (χ3v) is 6.66. The molecule has 5 nitrogen and oxygen atoms in total. The highest BCUT2D eigenvalue weighted by Crippen LogP contribution is 2.27. The van der Waals surface area contributed by atoms with Crippen molar-refractivity contribution in [3.05, 3.63) is 35.4 Å². The predicted molar refractivity (Wildman–Crippen MR) is 118 cm³/mol. The second-order valence-electron chi connectivity index (χ2n) is 9.05. The van der Waals surface area contributed by atoms with Crippen molar-refractivity contribution in [2.45, 2.75) is 83.6 Å². The monoisotopic (exact) mass is 412 g/mol. The zero-order chi connectivity index (χ0) is 21.3. The minimum atomic E-state index is 0.0171. The third kappa shape index (κ3) is 6.96. The molecule has 2 aliphatic rings. The molecule has 3 rings (SSSR count). The Labute approximate surface area is 180 Å². The number of Topliss-reactive ketones (excluding diaryl/α,β-unsaturated/α-hetero) is 1. The van der Waals surface area contributed by atoms with E-state index in [0.29, 0.717) is 25.1 Å². The Morgan fingerprint density at radius 2 is 1.57 bits per heavy atom. The maximum absolute atomic E-state index is 12.5. The molecule has 1 aliphatic heterocycles. The van der Waals surface area contributed by atoms with Gasteiger partial charge in [0.05, 0.1) is 0 Å². The summed E-state index contributed by atoms with van der Waals surface area (Å²) in [6, 6.07) is 7.66. The topological polar surface area (TPSA) is 66.5 Å². The van der Waals surface area contributed by atoms with Gasteiger partial charge in [0, 0.05) is 44.0 Å². The lowest BCUT2D eigenvalue weighted by molar-refractivity contribution is -0.132. The van der Waals surface area contributed by atoms with Gasteiger partial charge in [-0.05, 0) is 32.1 Å². The first-order chi connectivity index (χ1) is 14.5. The summed E-state index contributed by atoms with van der Waals surface area (Å²) in [6.45, 7) is 3.30. The number of nitrogens with one attached hydrogen (secondary N) is 1. The van der Waals surface area contributed by atoms with E-state index in [1.165, 1.54) is 32.1 Å². The van der Waals surface area contributed by atoms with Crippen molar-refractivity contribution in [1.82, 2.24) is 10.2 Å². The summed E-state index contributed by atoms with van der Waals surface area (Å²) < 4.78 is 0. The fraction of sp³-hybridized carbons (Fsp3) is 0.640. The average Bonchev–Trinajstić information content (AvgIpc) is 2.77. The van der Waals surface area contributed by atoms with Crippen LogP contribution in [-0.2, 0) is 9.59 Å². The highest BCUT2D eigenvalue weighted by atomic mass is 16.2. The Morgan fingerprint density at radius 3 is 2.23 bits per heavy atom. The molecule has 164 valence electrons. The molecule has 0 radical (unpaired) electrons. The van der Waals surface area contributed by atoms with E-state index in [-0.39, 0.29) is 36.5 Å². The van der Waals surface area contributed by atoms with Crippen LogP contribution >= 0.6 is 0 Å². The second-order valence-corrected chi connectivity index (χ2v) is 9.05. The van der Waals surface area contributed by atoms with E-state index in [2.05, 4.69) is 5.32 Å². The van der Waals surface area contributed by atoms with Gasteiger partial charge >= 0.3 is 0 Å². The van der Waals surface area contributed by atoms with Gasteiger partial charge in [-0.1, -0.05) is 61.9 Å². The molecule has 1 aromatic rings. The van der Waals surface area contributed by atoms with E-state index < -0.39 is 0 Å². The van der Waals surface area contributed by atoms with Gasteiger partial charge in [-0.15, -0.1) is 0 Å². The number of rotatable bonds is 8. The summed E-state index contributed by atoms with van der Waals surface area (Å²) in [6.07, 6.45) is 10.3. The predicted octanol–water partition coefficient (Wildman–Crippen LogP) is 4.43. The number of nitrogens with zero attached hydrogens (tertiary/aromatic N) is 1. The molecule has 1 aliphatic carbocycles. The van der Waals surface area contributed by atoms with Gasteiger partial charge in [-0.25, -0.2) is 0 Å². The number of hydrogen-bond acceptors (Lipinski definition) is 3. The third-order valence-electron chi connectivity index (χ3n) is 6.66.